The molecule has 4 N–H and O–H groups in total. The quantitative estimate of drug-likeness (QED) is 0.734. The summed E-state index contributed by atoms with van der Waals surface area (Å²) < 4.78 is 0. The first kappa shape index (κ1) is 12.2. The number of nitrogen functional groups attached to an aromatic ring is 1. The molecule has 0 unspecified atom stereocenters. The molecular formula is C16H18N2O. The lowest BCUT2D eigenvalue weighted by Crippen LogP contribution is -2.28. The van der Waals surface area contributed by atoms with Gasteiger partial charge in [-0.3, -0.25) is 0 Å². The second kappa shape index (κ2) is 5.03. The van der Waals surface area contributed by atoms with Gasteiger partial charge in [-0.25, -0.2) is 0 Å². The number of anilines is 1. The van der Waals surface area contributed by atoms with Crippen LogP contribution in [0.4, 0.5) is 5.69 Å². The predicted molar refractivity (Wildman–Crippen MR) is 76.6 cm³/mol. The molecule has 98 valence electrons. The van der Waals surface area contributed by atoms with Gasteiger partial charge in [0.25, 0.3) is 0 Å². The number of nitrogens with two attached hydrogens (primary N) is 1. The minimum Gasteiger partial charge on any atom is -0.399 e. The zero-order chi connectivity index (χ0) is 13.2. The zero-order valence-corrected chi connectivity index (χ0v) is 10.7. The largest absolute Gasteiger partial charge is 0.399 e. The van der Waals surface area contributed by atoms with Crippen LogP contribution < -0.4 is 11.1 Å². The summed E-state index contributed by atoms with van der Waals surface area (Å²) in [6, 6.07) is 16.1. The van der Waals surface area contributed by atoms with Crippen molar-refractivity contribution in [2.24, 2.45) is 0 Å². The first-order chi connectivity index (χ1) is 9.24. The molecule has 2 aromatic carbocycles. The summed E-state index contributed by atoms with van der Waals surface area (Å²) in [7, 11) is 0. The number of nitrogens with one attached hydrogen (secondary N) is 1. The van der Waals surface area contributed by atoms with E-state index in [9.17, 15) is 5.11 Å². The predicted octanol–water partition coefficient (Wildman–Crippen LogP) is 2.02. The molecule has 0 amide bonds. The number of benzene rings is 2. The van der Waals surface area contributed by atoms with Gasteiger partial charge in [-0.1, -0.05) is 36.4 Å². The molecule has 0 aliphatic heterocycles. The number of hydrogen-bond acceptors (Lipinski definition) is 3. The molecule has 3 heteroatoms. The molecule has 0 saturated heterocycles. The highest BCUT2D eigenvalue weighted by Crippen LogP contribution is 2.31. The summed E-state index contributed by atoms with van der Waals surface area (Å²) in [5.41, 5.74) is 10.1. The average molecular weight is 254 g/mol. The van der Waals surface area contributed by atoms with E-state index in [4.69, 9.17) is 5.73 Å². The zero-order valence-electron chi connectivity index (χ0n) is 10.7. The van der Waals surface area contributed by atoms with Crippen LogP contribution in [-0.4, -0.2) is 11.2 Å². The lowest BCUT2D eigenvalue weighted by molar-refractivity contribution is 0.140. The fraction of sp³-hybridized carbons (Fsp3) is 0.250. The van der Waals surface area contributed by atoms with Gasteiger partial charge < -0.3 is 16.2 Å². The van der Waals surface area contributed by atoms with Crippen LogP contribution in [0.25, 0.3) is 0 Å². The summed E-state index contributed by atoms with van der Waals surface area (Å²) in [6.07, 6.45) is 0.390. The summed E-state index contributed by atoms with van der Waals surface area (Å²) >= 11 is 0. The maximum Gasteiger partial charge on any atom is 0.0775 e. The Labute approximate surface area is 113 Å². The van der Waals surface area contributed by atoms with Gasteiger partial charge in [0.05, 0.1) is 12.1 Å². The van der Waals surface area contributed by atoms with Crippen molar-refractivity contribution in [2.75, 3.05) is 5.73 Å². The Kier molecular flexibility index (Phi) is 3.23. The number of aliphatic hydroxyl groups excluding tert-OH is 1. The van der Waals surface area contributed by atoms with Crippen LogP contribution in [0.2, 0.25) is 0 Å². The van der Waals surface area contributed by atoms with E-state index in [1.54, 1.807) is 0 Å². The molecule has 3 nitrogen and oxygen atoms in total. The second-order valence-corrected chi connectivity index (χ2v) is 5.07. The van der Waals surface area contributed by atoms with Gasteiger partial charge in [0.1, 0.15) is 0 Å². The van der Waals surface area contributed by atoms with E-state index in [2.05, 4.69) is 17.4 Å². The smallest absolute Gasteiger partial charge is 0.0775 e. The van der Waals surface area contributed by atoms with Gasteiger partial charge >= 0.3 is 0 Å². The lowest BCUT2D eigenvalue weighted by atomic mass is 10.1. The standard InChI is InChI=1S/C16H18N2O/c17-13-7-5-11(6-8-13)10-18-16-14-4-2-1-3-12(14)9-15(16)19/h1-8,15-16,18-19H,9-10,17H2/t15-,16+/m0/s1. The van der Waals surface area contributed by atoms with Crippen molar-refractivity contribution in [1.82, 2.24) is 5.32 Å². The van der Waals surface area contributed by atoms with E-state index < -0.39 is 0 Å². The van der Waals surface area contributed by atoms with Gasteiger partial charge in [0, 0.05) is 18.7 Å². The van der Waals surface area contributed by atoms with Crippen molar-refractivity contribution in [3.05, 3.63) is 65.2 Å². The molecule has 1 aliphatic carbocycles. The third-order valence-electron chi connectivity index (χ3n) is 3.71. The van der Waals surface area contributed by atoms with Crippen LogP contribution in [0.3, 0.4) is 0 Å². The number of fused-ring (bicyclic) bond motifs is 1. The molecular weight excluding hydrogens is 236 g/mol. The Bertz CT molecular complexity index is 565. The molecule has 2 aromatic rings. The summed E-state index contributed by atoms with van der Waals surface area (Å²) in [5.74, 6) is 0. The summed E-state index contributed by atoms with van der Waals surface area (Å²) in [5, 5.41) is 13.6. The first-order valence-electron chi connectivity index (χ1n) is 6.58. The normalized spacial score (nSPS) is 21.3. The molecule has 0 fully saturated rings. The molecule has 0 saturated carbocycles. The fourth-order valence-electron chi connectivity index (χ4n) is 2.68. The molecule has 2 atom stereocenters. The van der Waals surface area contributed by atoms with E-state index in [1.807, 2.05) is 36.4 Å². The van der Waals surface area contributed by atoms with Crippen LogP contribution >= 0.6 is 0 Å². The van der Waals surface area contributed by atoms with E-state index in [-0.39, 0.29) is 12.1 Å². The molecule has 0 aromatic heterocycles. The van der Waals surface area contributed by atoms with Gasteiger partial charge in [0.2, 0.25) is 0 Å². The molecule has 0 heterocycles. The van der Waals surface area contributed by atoms with E-state index in [1.165, 1.54) is 16.7 Å². The summed E-state index contributed by atoms with van der Waals surface area (Å²) in [4.78, 5) is 0. The Morgan fingerprint density at radius 3 is 2.63 bits per heavy atom. The SMILES string of the molecule is Nc1ccc(CN[C@@H]2c3ccccc3C[C@@H]2O)cc1. The first-order valence-corrected chi connectivity index (χ1v) is 6.58. The van der Waals surface area contributed by atoms with Crippen molar-refractivity contribution in [3.8, 4) is 0 Å². The van der Waals surface area contributed by atoms with Crippen molar-refractivity contribution in [1.29, 1.82) is 0 Å². The Morgan fingerprint density at radius 2 is 1.84 bits per heavy atom. The molecule has 19 heavy (non-hydrogen) atoms. The van der Waals surface area contributed by atoms with Gasteiger partial charge in [-0.15, -0.1) is 0 Å². The highest BCUT2D eigenvalue weighted by atomic mass is 16.3. The van der Waals surface area contributed by atoms with Gasteiger partial charge in [0.15, 0.2) is 0 Å². The van der Waals surface area contributed by atoms with Gasteiger partial charge in [-0.05, 0) is 28.8 Å². The van der Waals surface area contributed by atoms with Crippen LogP contribution in [0.5, 0.6) is 0 Å². The van der Waals surface area contributed by atoms with Crippen LogP contribution in [0, 0.1) is 0 Å². The second-order valence-electron chi connectivity index (χ2n) is 5.07. The third-order valence-corrected chi connectivity index (χ3v) is 3.71. The van der Waals surface area contributed by atoms with Crippen LogP contribution in [0.15, 0.2) is 48.5 Å². The molecule has 0 radical (unpaired) electrons. The van der Waals surface area contributed by atoms with Crippen molar-refractivity contribution in [2.45, 2.75) is 25.1 Å². The van der Waals surface area contributed by atoms with Gasteiger partial charge in [-0.2, -0.15) is 0 Å². The molecule has 0 bridgehead atoms. The molecule has 3 rings (SSSR count). The van der Waals surface area contributed by atoms with Crippen molar-refractivity contribution in [3.63, 3.8) is 0 Å². The topological polar surface area (TPSA) is 58.3 Å². The average Bonchev–Trinajstić information content (AvgIpc) is 2.74. The Morgan fingerprint density at radius 1 is 1.11 bits per heavy atom. The van der Waals surface area contributed by atoms with Crippen LogP contribution in [0.1, 0.15) is 22.7 Å². The van der Waals surface area contributed by atoms with Crippen molar-refractivity contribution < 1.29 is 5.11 Å². The lowest BCUT2D eigenvalue weighted by Gasteiger charge is -2.18. The molecule has 0 spiro atoms. The third kappa shape index (κ3) is 2.48. The monoisotopic (exact) mass is 254 g/mol. The van der Waals surface area contributed by atoms with Crippen molar-refractivity contribution >= 4 is 5.69 Å². The molecule has 1 aliphatic rings. The van der Waals surface area contributed by atoms with E-state index in [0.29, 0.717) is 0 Å². The number of hydrogen-bond donors (Lipinski definition) is 3. The minimum absolute atomic E-state index is 0.0220. The highest BCUT2D eigenvalue weighted by Gasteiger charge is 2.29. The summed E-state index contributed by atoms with van der Waals surface area (Å²) in [6.45, 7) is 0.732. The minimum atomic E-state index is -0.341. The van der Waals surface area contributed by atoms with E-state index >= 15 is 0 Å². The number of aliphatic hydroxyl groups is 1. The van der Waals surface area contributed by atoms with E-state index in [0.717, 1.165) is 18.7 Å². The Hall–Kier alpha value is -1.84. The number of rotatable bonds is 3. The Balaban J connectivity index is 1.72. The highest BCUT2D eigenvalue weighted by molar-refractivity contribution is 5.40. The maximum absolute atomic E-state index is 10.1. The fourth-order valence-corrected chi connectivity index (χ4v) is 2.68. The van der Waals surface area contributed by atoms with Crippen LogP contribution in [-0.2, 0) is 13.0 Å². The maximum atomic E-state index is 10.1.